The van der Waals surface area contributed by atoms with Crippen molar-refractivity contribution in [3.05, 3.63) is 0 Å². The van der Waals surface area contributed by atoms with Crippen LogP contribution in [0.4, 0.5) is 4.79 Å². The van der Waals surface area contributed by atoms with Gasteiger partial charge in [-0.05, 0) is 38.0 Å². The average Bonchev–Trinajstić information content (AvgIpc) is 2.55. The van der Waals surface area contributed by atoms with Gasteiger partial charge in [-0.25, -0.2) is 4.79 Å². The van der Waals surface area contributed by atoms with Crippen LogP contribution in [0.5, 0.6) is 0 Å². The third-order valence-electron chi connectivity index (χ3n) is 3.91. The quantitative estimate of drug-likeness (QED) is 0.414. The molecule has 0 saturated carbocycles. The zero-order chi connectivity index (χ0) is 17.1. The number of carbonyl (C=O) groups is 1. The summed E-state index contributed by atoms with van der Waals surface area (Å²) in [6, 6.07) is 1.56. The summed E-state index contributed by atoms with van der Waals surface area (Å²) in [6.45, 7) is 5.26. The van der Waals surface area contributed by atoms with E-state index in [1.807, 2.05) is 13.1 Å². The number of rotatable bonds is 12. The normalized spacial score (nSPS) is 12.3. The molecule has 0 aromatic carbocycles. The molecule has 2 N–H and O–H groups in total. The van der Waals surface area contributed by atoms with Crippen LogP contribution < -0.4 is 10.6 Å². The zero-order valence-electron chi connectivity index (χ0n) is 14.8. The molecule has 0 radical (unpaired) electrons. The molecule has 0 saturated heterocycles. The molecule has 0 atom stereocenters. The second kappa shape index (κ2) is 11.1. The van der Waals surface area contributed by atoms with Crippen molar-refractivity contribution in [2.75, 3.05) is 41.5 Å². The lowest BCUT2D eigenvalue weighted by Crippen LogP contribution is -2.40. The third kappa shape index (κ3) is 8.86. The highest BCUT2D eigenvalue weighted by Crippen LogP contribution is 2.13. The number of amides is 2. The van der Waals surface area contributed by atoms with Gasteiger partial charge in [0, 0.05) is 41.5 Å². The van der Waals surface area contributed by atoms with Crippen LogP contribution in [-0.4, -0.2) is 64.7 Å². The lowest BCUT2D eigenvalue weighted by atomic mass is 10.4. The first-order valence-electron chi connectivity index (χ1n) is 7.57. The van der Waals surface area contributed by atoms with E-state index in [1.54, 1.807) is 28.4 Å². The maximum absolute atomic E-state index is 11.6. The smallest absolute Gasteiger partial charge is 0.334 e. The number of hydrogen-bond acceptors (Lipinski definition) is 5. The summed E-state index contributed by atoms with van der Waals surface area (Å²) >= 11 is 0. The van der Waals surface area contributed by atoms with E-state index < -0.39 is 17.1 Å². The largest absolute Gasteiger partial charge is 0.398 e. The predicted molar refractivity (Wildman–Crippen MR) is 91.5 cm³/mol. The molecule has 132 valence electrons. The summed E-state index contributed by atoms with van der Waals surface area (Å²) < 4.78 is 21.6. The van der Waals surface area contributed by atoms with Crippen LogP contribution in [0.1, 0.15) is 12.8 Å². The fourth-order valence-electron chi connectivity index (χ4n) is 1.86. The summed E-state index contributed by atoms with van der Waals surface area (Å²) in [5, 5.41) is 5.68. The molecule has 0 rings (SSSR count). The fraction of sp³-hybridized carbons (Fsp3) is 0.923. The zero-order valence-corrected chi connectivity index (χ0v) is 16.8. The maximum Gasteiger partial charge on any atom is 0.334 e. The topological polar surface area (TPSA) is 78.1 Å². The van der Waals surface area contributed by atoms with Crippen molar-refractivity contribution >= 4 is 23.2 Å². The molecule has 0 aromatic heterocycles. The molecule has 0 unspecified atom stereocenters. The molecule has 0 spiro atoms. The predicted octanol–water partition coefficient (Wildman–Crippen LogP) is 1.80. The molecule has 0 heterocycles. The first kappa shape index (κ1) is 21.5. The van der Waals surface area contributed by atoms with Gasteiger partial charge in [0.1, 0.15) is 0 Å². The molecular formula is C13H32N2O5Si2. The van der Waals surface area contributed by atoms with Crippen LogP contribution in [0.15, 0.2) is 0 Å². The summed E-state index contributed by atoms with van der Waals surface area (Å²) in [6.07, 6.45) is 1.69. The van der Waals surface area contributed by atoms with Crippen molar-refractivity contribution in [2.24, 2.45) is 0 Å². The molecule has 9 heteroatoms. The molecule has 22 heavy (non-hydrogen) atoms. The lowest BCUT2D eigenvalue weighted by molar-refractivity contribution is 0.237. The SMILES string of the molecule is CO[Si](C)(CCCNC(=O)NCCC[Si](C)(OC)OC)OC. The molecule has 0 aliphatic rings. The highest BCUT2D eigenvalue weighted by Gasteiger charge is 2.28. The van der Waals surface area contributed by atoms with Crippen molar-refractivity contribution in [3.63, 3.8) is 0 Å². The Morgan fingerprint density at radius 2 is 1.09 bits per heavy atom. The summed E-state index contributed by atoms with van der Waals surface area (Å²) in [5.74, 6) is 0. The van der Waals surface area contributed by atoms with Crippen LogP contribution in [0, 0.1) is 0 Å². The van der Waals surface area contributed by atoms with E-state index in [0.717, 1.165) is 24.9 Å². The Hall–Kier alpha value is -0.456. The Balaban J connectivity index is 3.71. The second-order valence-electron chi connectivity index (χ2n) is 5.47. The van der Waals surface area contributed by atoms with Crippen LogP contribution in [-0.2, 0) is 17.7 Å². The third-order valence-corrected chi connectivity index (χ3v) is 9.89. The molecule has 0 fully saturated rings. The van der Waals surface area contributed by atoms with E-state index in [-0.39, 0.29) is 6.03 Å². The van der Waals surface area contributed by atoms with E-state index in [2.05, 4.69) is 10.6 Å². The van der Waals surface area contributed by atoms with Gasteiger partial charge in [0.15, 0.2) is 0 Å². The molecule has 2 amide bonds. The first-order valence-corrected chi connectivity index (χ1v) is 12.6. The lowest BCUT2D eigenvalue weighted by Gasteiger charge is -2.23. The highest BCUT2D eigenvalue weighted by molar-refractivity contribution is 6.66. The van der Waals surface area contributed by atoms with Gasteiger partial charge in [-0.2, -0.15) is 0 Å². The Morgan fingerprint density at radius 1 is 0.773 bits per heavy atom. The Kier molecular flexibility index (Phi) is 10.9. The van der Waals surface area contributed by atoms with Gasteiger partial charge in [-0.3, -0.25) is 0 Å². The summed E-state index contributed by atoms with van der Waals surface area (Å²) in [7, 11) is 2.64. The maximum atomic E-state index is 11.6. The van der Waals surface area contributed by atoms with E-state index in [1.165, 1.54) is 0 Å². The minimum absolute atomic E-state index is 0.142. The van der Waals surface area contributed by atoms with Gasteiger partial charge < -0.3 is 28.3 Å². The minimum Gasteiger partial charge on any atom is -0.398 e. The van der Waals surface area contributed by atoms with Gasteiger partial charge in [-0.15, -0.1) is 0 Å². The molecule has 0 aromatic rings. The van der Waals surface area contributed by atoms with Gasteiger partial charge >= 0.3 is 23.2 Å². The molecule has 0 bridgehead atoms. The minimum atomic E-state index is -2.02. The van der Waals surface area contributed by atoms with E-state index in [9.17, 15) is 4.79 Å². The van der Waals surface area contributed by atoms with Crippen molar-refractivity contribution < 1.29 is 22.5 Å². The fourth-order valence-corrected chi connectivity index (χ4v) is 4.65. The van der Waals surface area contributed by atoms with Gasteiger partial charge in [-0.1, -0.05) is 0 Å². The van der Waals surface area contributed by atoms with Gasteiger partial charge in [0.05, 0.1) is 0 Å². The Bertz CT molecular complexity index is 285. The molecule has 7 nitrogen and oxygen atoms in total. The number of urea groups is 1. The van der Waals surface area contributed by atoms with Crippen LogP contribution in [0.3, 0.4) is 0 Å². The van der Waals surface area contributed by atoms with Crippen molar-refractivity contribution in [2.45, 2.75) is 38.0 Å². The van der Waals surface area contributed by atoms with Gasteiger partial charge in [0.25, 0.3) is 0 Å². The van der Waals surface area contributed by atoms with Crippen LogP contribution >= 0.6 is 0 Å². The van der Waals surface area contributed by atoms with E-state index in [4.69, 9.17) is 17.7 Å². The van der Waals surface area contributed by atoms with Crippen LogP contribution in [0.2, 0.25) is 25.2 Å². The standard InChI is InChI=1S/C13H32N2O5Si2/c1-17-21(5,18-2)11-7-9-14-13(16)15-10-8-12-22(6,19-3)20-4/h7-12H2,1-6H3,(H2,14,15,16). The Labute approximate surface area is 136 Å². The van der Waals surface area contributed by atoms with E-state index in [0.29, 0.717) is 13.1 Å². The van der Waals surface area contributed by atoms with Crippen LogP contribution in [0.25, 0.3) is 0 Å². The molecular weight excluding hydrogens is 320 g/mol. The first-order chi connectivity index (χ1) is 10.3. The molecule has 0 aliphatic carbocycles. The average molecular weight is 353 g/mol. The van der Waals surface area contributed by atoms with Crippen molar-refractivity contribution in [1.29, 1.82) is 0 Å². The van der Waals surface area contributed by atoms with Crippen molar-refractivity contribution in [1.82, 2.24) is 10.6 Å². The number of nitrogens with one attached hydrogen (secondary N) is 2. The monoisotopic (exact) mass is 352 g/mol. The highest BCUT2D eigenvalue weighted by atomic mass is 28.4. The Morgan fingerprint density at radius 3 is 1.36 bits per heavy atom. The molecule has 0 aliphatic heterocycles. The summed E-state index contributed by atoms with van der Waals surface area (Å²) in [4.78, 5) is 11.6. The second-order valence-corrected chi connectivity index (χ2v) is 12.6. The number of hydrogen-bond donors (Lipinski definition) is 2. The number of carbonyl (C=O) groups excluding carboxylic acids is 1. The van der Waals surface area contributed by atoms with E-state index >= 15 is 0 Å². The summed E-state index contributed by atoms with van der Waals surface area (Å²) in [5.41, 5.74) is 0. The van der Waals surface area contributed by atoms with Gasteiger partial charge in [0.2, 0.25) is 0 Å². The van der Waals surface area contributed by atoms with Crippen molar-refractivity contribution in [3.8, 4) is 0 Å².